The fraction of sp³-hybridized carbons (Fsp3) is 0.188. The standard InChI is InChI=1S/C16H15BrClNO3/c1-9-4-5-11(18)8-12(9)19-16(20)10-6-13(21-2)15(17)14(7-10)22-3/h4-8H,1-3H3,(H,19,20). The first-order valence-corrected chi connectivity index (χ1v) is 7.62. The summed E-state index contributed by atoms with van der Waals surface area (Å²) >= 11 is 9.34. The maximum Gasteiger partial charge on any atom is 0.255 e. The highest BCUT2D eigenvalue weighted by Crippen LogP contribution is 2.35. The summed E-state index contributed by atoms with van der Waals surface area (Å²) in [7, 11) is 3.06. The second-order valence-electron chi connectivity index (χ2n) is 4.61. The van der Waals surface area contributed by atoms with E-state index >= 15 is 0 Å². The summed E-state index contributed by atoms with van der Waals surface area (Å²) in [6.07, 6.45) is 0. The summed E-state index contributed by atoms with van der Waals surface area (Å²) in [5, 5.41) is 3.40. The molecule has 0 saturated carbocycles. The number of hydrogen-bond donors (Lipinski definition) is 1. The van der Waals surface area contributed by atoms with Gasteiger partial charge < -0.3 is 14.8 Å². The lowest BCUT2D eigenvalue weighted by molar-refractivity contribution is 0.102. The van der Waals surface area contributed by atoms with Gasteiger partial charge in [0.25, 0.3) is 5.91 Å². The molecule has 4 nitrogen and oxygen atoms in total. The third kappa shape index (κ3) is 3.54. The van der Waals surface area contributed by atoms with E-state index in [4.69, 9.17) is 21.1 Å². The van der Waals surface area contributed by atoms with Crippen LogP contribution >= 0.6 is 27.5 Å². The van der Waals surface area contributed by atoms with Crippen molar-refractivity contribution in [1.82, 2.24) is 0 Å². The highest BCUT2D eigenvalue weighted by atomic mass is 79.9. The molecule has 0 heterocycles. The first-order chi connectivity index (χ1) is 10.5. The van der Waals surface area contributed by atoms with Crippen molar-refractivity contribution in [3.63, 3.8) is 0 Å². The Labute approximate surface area is 142 Å². The average molecular weight is 385 g/mol. The molecule has 0 aromatic heterocycles. The molecule has 2 aromatic carbocycles. The van der Waals surface area contributed by atoms with E-state index in [0.29, 0.717) is 32.2 Å². The lowest BCUT2D eigenvalue weighted by Crippen LogP contribution is -2.13. The molecule has 0 aliphatic heterocycles. The maximum atomic E-state index is 12.4. The van der Waals surface area contributed by atoms with Gasteiger partial charge in [-0.2, -0.15) is 0 Å². The SMILES string of the molecule is COc1cc(C(=O)Nc2cc(Cl)ccc2C)cc(OC)c1Br. The van der Waals surface area contributed by atoms with Crippen LogP contribution in [0.4, 0.5) is 5.69 Å². The van der Waals surface area contributed by atoms with Crippen molar-refractivity contribution in [2.75, 3.05) is 19.5 Å². The van der Waals surface area contributed by atoms with E-state index in [1.165, 1.54) is 14.2 Å². The summed E-state index contributed by atoms with van der Waals surface area (Å²) in [6.45, 7) is 1.90. The Kier molecular flexibility index (Phi) is 5.32. The number of carbonyl (C=O) groups is 1. The quantitative estimate of drug-likeness (QED) is 0.832. The number of amides is 1. The highest BCUT2D eigenvalue weighted by Gasteiger charge is 2.15. The zero-order chi connectivity index (χ0) is 16.3. The number of rotatable bonds is 4. The van der Waals surface area contributed by atoms with Crippen LogP contribution in [0.25, 0.3) is 0 Å². The van der Waals surface area contributed by atoms with Crippen molar-refractivity contribution in [2.24, 2.45) is 0 Å². The number of methoxy groups -OCH3 is 2. The van der Waals surface area contributed by atoms with E-state index in [2.05, 4.69) is 21.2 Å². The van der Waals surface area contributed by atoms with Gasteiger partial charge in [0.15, 0.2) is 0 Å². The number of nitrogens with one attached hydrogen (secondary N) is 1. The molecule has 0 atom stereocenters. The van der Waals surface area contributed by atoms with Crippen molar-refractivity contribution >= 4 is 39.1 Å². The van der Waals surface area contributed by atoms with E-state index in [1.54, 1.807) is 24.3 Å². The molecule has 0 aliphatic carbocycles. The number of benzene rings is 2. The van der Waals surface area contributed by atoms with Gasteiger partial charge in [0.1, 0.15) is 16.0 Å². The fourth-order valence-electron chi connectivity index (χ4n) is 1.92. The van der Waals surface area contributed by atoms with Gasteiger partial charge in [-0.3, -0.25) is 4.79 Å². The second kappa shape index (κ2) is 7.03. The van der Waals surface area contributed by atoms with Crippen LogP contribution in [-0.2, 0) is 0 Å². The molecule has 116 valence electrons. The Hall–Kier alpha value is -1.72. The first kappa shape index (κ1) is 16.6. The third-order valence-electron chi connectivity index (χ3n) is 3.16. The number of carbonyl (C=O) groups excluding carboxylic acids is 1. The number of anilines is 1. The van der Waals surface area contributed by atoms with E-state index < -0.39 is 0 Å². The third-order valence-corrected chi connectivity index (χ3v) is 4.17. The van der Waals surface area contributed by atoms with Crippen LogP contribution < -0.4 is 14.8 Å². The Morgan fingerprint density at radius 3 is 2.27 bits per heavy atom. The zero-order valence-electron chi connectivity index (χ0n) is 12.4. The predicted octanol–water partition coefficient (Wildman–Crippen LogP) is 4.68. The predicted molar refractivity (Wildman–Crippen MR) is 91.4 cm³/mol. The minimum atomic E-state index is -0.269. The van der Waals surface area contributed by atoms with Crippen molar-refractivity contribution in [3.05, 3.63) is 51.0 Å². The normalized spacial score (nSPS) is 10.2. The number of ether oxygens (including phenoxy) is 2. The van der Waals surface area contributed by atoms with E-state index in [-0.39, 0.29) is 5.91 Å². The Morgan fingerprint density at radius 2 is 1.73 bits per heavy atom. The minimum Gasteiger partial charge on any atom is -0.495 e. The molecule has 6 heteroatoms. The molecular weight excluding hydrogens is 370 g/mol. The molecular formula is C16H15BrClNO3. The van der Waals surface area contributed by atoms with Crippen molar-refractivity contribution in [1.29, 1.82) is 0 Å². The van der Waals surface area contributed by atoms with Gasteiger partial charge in [-0.05, 0) is 52.7 Å². The monoisotopic (exact) mass is 383 g/mol. The van der Waals surface area contributed by atoms with Gasteiger partial charge in [0, 0.05) is 16.3 Å². The molecule has 0 aliphatic rings. The van der Waals surface area contributed by atoms with Crippen molar-refractivity contribution in [3.8, 4) is 11.5 Å². The van der Waals surface area contributed by atoms with Crippen LogP contribution in [0, 0.1) is 6.92 Å². The van der Waals surface area contributed by atoms with Gasteiger partial charge in [-0.15, -0.1) is 0 Å². The van der Waals surface area contributed by atoms with Crippen LogP contribution in [0.3, 0.4) is 0 Å². The zero-order valence-corrected chi connectivity index (χ0v) is 14.7. The van der Waals surface area contributed by atoms with Gasteiger partial charge >= 0.3 is 0 Å². The van der Waals surface area contributed by atoms with Crippen LogP contribution in [0.5, 0.6) is 11.5 Å². The van der Waals surface area contributed by atoms with Gasteiger partial charge in [0.2, 0.25) is 0 Å². The number of aryl methyl sites for hydroxylation is 1. The smallest absolute Gasteiger partial charge is 0.255 e. The molecule has 2 rings (SSSR count). The van der Waals surface area contributed by atoms with Gasteiger partial charge in [-0.1, -0.05) is 17.7 Å². The Morgan fingerprint density at radius 1 is 1.14 bits per heavy atom. The topological polar surface area (TPSA) is 47.6 Å². The molecule has 1 N–H and O–H groups in total. The van der Waals surface area contributed by atoms with Crippen LogP contribution in [0.1, 0.15) is 15.9 Å². The number of hydrogen-bond acceptors (Lipinski definition) is 3. The molecule has 0 saturated heterocycles. The minimum absolute atomic E-state index is 0.269. The lowest BCUT2D eigenvalue weighted by Gasteiger charge is -2.13. The largest absolute Gasteiger partial charge is 0.495 e. The Bertz CT molecular complexity index is 694. The summed E-state index contributed by atoms with van der Waals surface area (Å²) in [4.78, 5) is 12.4. The van der Waals surface area contributed by atoms with Crippen LogP contribution in [0.15, 0.2) is 34.8 Å². The maximum absolute atomic E-state index is 12.4. The molecule has 22 heavy (non-hydrogen) atoms. The van der Waals surface area contributed by atoms with E-state index in [1.807, 2.05) is 13.0 Å². The summed E-state index contributed by atoms with van der Waals surface area (Å²) in [6, 6.07) is 8.62. The molecule has 1 amide bonds. The van der Waals surface area contributed by atoms with E-state index in [9.17, 15) is 4.79 Å². The molecule has 0 fully saturated rings. The summed E-state index contributed by atoms with van der Waals surface area (Å²) in [5.74, 6) is 0.772. The molecule has 0 unspecified atom stereocenters. The molecule has 2 aromatic rings. The molecule has 0 spiro atoms. The second-order valence-corrected chi connectivity index (χ2v) is 5.84. The lowest BCUT2D eigenvalue weighted by atomic mass is 10.1. The first-order valence-electron chi connectivity index (χ1n) is 6.45. The van der Waals surface area contributed by atoms with Crippen LogP contribution in [0.2, 0.25) is 5.02 Å². The van der Waals surface area contributed by atoms with E-state index in [0.717, 1.165) is 5.56 Å². The highest BCUT2D eigenvalue weighted by molar-refractivity contribution is 9.10. The summed E-state index contributed by atoms with van der Waals surface area (Å²) < 4.78 is 11.1. The van der Waals surface area contributed by atoms with Crippen molar-refractivity contribution in [2.45, 2.75) is 6.92 Å². The van der Waals surface area contributed by atoms with Gasteiger partial charge in [-0.25, -0.2) is 0 Å². The average Bonchev–Trinajstić information content (AvgIpc) is 2.51. The molecule has 0 bridgehead atoms. The Balaban J connectivity index is 2.35. The van der Waals surface area contributed by atoms with Crippen molar-refractivity contribution < 1.29 is 14.3 Å². The molecule has 0 radical (unpaired) electrons. The summed E-state index contributed by atoms with van der Waals surface area (Å²) in [5.41, 5.74) is 2.02. The van der Waals surface area contributed by atoms with Gasteiger partial charge in [0.05, 0.1) is 14.2 Å². The number of halogens is 2. The fourth-order valence-corrected chi connectivity index (χ4v) is 2.65. The van der Waals surface area contributed by atoms with Crippen LogP contribution in [-0.4, -0.2) is 20.1 Å².